The zero-order valence-corrected chi connectivity index (χ0v) is 12.0. The predicted octanol–water partition coefficient (Wildman–Crippen LogP) is 2.31. The number of amides is 1. The first-order valence-electron chi connectivity index (χ1n) is 6.68. The minimum absolute atomic E-state index is 0.315. The van der Waals surface area contributed by atoms with Gasteiger partial charge in [-0.3, -0.25) is 4.79 Å². The number of benzene rings is 2. The highest BCUT2D eigenvalue weighted by atomic mass is 35.5. The molecule has 4 N–H and O–H groups in total. The average molecular weight is 303 g/mol. The van der Waals surface area contributed by atoms with E-state index < -0.39 is 12.1 Å². The molecular weight excluding hydrogens is 288 g/mol. The molecule has 5 heteroatoms. The van der Waals surface area contributed by atoms with Crippen LogP contribution in [-0.2, 0) is 6.42 Å². The summed E-state index contributed by atoms with van der Waals surface area (Å²) in [6, 6.07) is 12.0. The molecule has 3 rings (SSSR count). The number of rotatable bonds is 2. The minimum atomic E-state index is -0.625. The van der Waals surface area contributed by atoms with Crippen molar-refractivity contribution < 1.29 is 9.90 Å². The van der Waals surface area contributed by atoms with E-state index in [9.17, 15) is 9.90 Å². The second-order valence-electron chi connectivity index (χ2n) is 5.15. The van der Waals surface area contributed by atoms with Crippen molar-refractivity contribution in [3.05, 3.63) is 64.2 Å². The summed E-state index contributed by atoms with van der Waals surface area (Å²) in [5.74, 6) is -0.315. The third-order valence-electron chi connectivity index (χ3n) is 3.75. The van der Waals surface area contributed by atoms with Crippen molar-refractivity contribution in [2.75, 3.05) is 5.73 Å². The van der Waals surface area contributed by atoms with Gasteiger partial charge in [-0.1, -0.05) is 35.9 Å². The molecule has 0 heterocycles. The quantitative estimate of drug-likeness (QED) is 0.745. The summed E-state index contributed by atoms with van der Waals surface area (Å²) in [5.41, 5.74) is 8.50. The summed E-state index contributed by atoms with van der Waals surface area (Å²) in [5, 5.41) is 13.5. The van der Waals surface area contributed by atoms with E-state index in [-0.39, 0.29) is 5.91 Å². The lowest BCUT2D eigenvalue weighted by Gasteiger charge is -2.18. The predicted molar refractivity (Wildman–Crippen MR) is 82.2 cm³/mol. The molecule has 0 aliphatic heterocycles. The van der Waals surface area contributed by atoms with Crippen molar-refractivity contribution in [1.29, 1.82) is 0 Å². The number of nitrogens with one attached hydrogen (secondary N) is 1. The fourth-order valence-corrected chi connectivity index (χ4v) is 2.89. The Bertz CT molecular complexity index is 702. The number of fused-ring (bicyclic) bond motifs is 1. The molecule has 0 bridgehead atoms. The number of hydrogen-bond donors (Lipinski definition) is 3. The number of halogens is 1. The number of nitrogen functional groups attached to an aromatic ring is 1. The van der Waals surface area contributed by atoms with Crippen LogP contribution in [0.2, 0.25) is 5.02 Å². The van der Waals surface area contributed by atoms with Gasteiger partial charge in [-0.25, -0.2) is 0 Å². The van der Waals surface area contributed by atoms with Crippen LogP contribution in [-0.4, -0.2) is 17.1 Å². The molecule has 0 spiro atoms. The summed E-state index contributed by atoms with van der Waals surface area (Å²) < 4.78 is 0. The summed E-state index contributed by atoms with van der Waals surface area (Å²) >= 11 is 5.83. The zero-order chi connectivity index (χ0) is 15.0. The lowest BCUT2D eigenvalue weighted by Crippen LogP contribution is -2.34. The van der Waals surface area contributed by atoms with Gasteiger partial charge in [0.25, 0.3) is 5.91 Å². The van der Waals surface area contributed by atoms with E-state index in [4.69, 9.17) is 17.3 Å². The molecule has 0 saturated carbocycles. The molecule has 21 heavy (non-hydrogen) atoms. The summed E-state index contributed by atoms with van der Waals surface area (Å²) in [6.07, 6.45) is -0.0862. The third kappa shape index (κ3) is 2.60. The molecule has 108 valence electrons. The lowest BCUT2D eigenvalue weighted by molar-refractivity contribution is 0.0859. The number of aliphatic hydroxyl groups excluding tert-OH is 1. The minimum Gasteiger partial charge on any atom is -0.398 e. The number of carbonyl (C=O) groups is 1. The van der Waals surface area contributed by atoms with E-state index in [1.807, 2.05) is 24.3 Å². The normalized spacial score (nSPS) is 20.1. The van der Waals surface area contributed by atoms with Gasteiger partial charge in [0.05, 0.1) is 17.7 Å². The molecule has 0 saturated heterocycles. The van der Waals surface area contributed by atoms with Crippen molar-refractivity contribution in [3.63, 3.8) is 0 Å². The highest BCUT2D eigenvalue weighted by molar-refractivity contribution is 6.31. The Hall–Kier alpha value is -2.04. The first-order valence-corrected chi connectivity index (χ1v) is 7.06. The Morgan fingerprint density at radius 1 is 1.29 bits per heavy atom. The first kappa shape index (κ1) is 13.9. The maximum absolute atomic E-state index is 12.3. The van der Waals surface area contributed by atoms with Gasteiger partial charge in [0.15, 0.2) is 0 Å². The van der Waals surface area contributed by atoms with Crippen molar-refractivity contribution in [1.82, 2.24) is 5.32 Å². The molecule has 0 radical (unpaired) electrons. The second kappa shape index (κ2) is 5.39. The third-order valence-corrected chi connectivity index (χ3v) is 3.98. The molecule has 2 atom stereocenters. The van der Waals surface area contributed by atoms with Crippen molar-refractivity contribution in [2.24, 2.45) is 0 Å². The van der Waals surface area contributed by atoms with Crippen LogP contribution in [0.25, 0.3) is 0 Å². The van der Waals surface area contributed by atoms with Crippen LogP contribution in [0.5, 0.6) is 0 Å². The number of aliphatic hydroxyl groups is 1. The fraction of sp³-hybridized carbons (Fsp3) is 0.188. The fourth-order valence-electron chi connectivity index (χ4n) is 2.71. The summed E-state index contributed by atoms with van der Waals surface area (Å²) in [6.45, 7) is 0. The summed E-state index contributed by atoms with van der Waals surface area (Å²) in [7, 11) is 0. The molecule has 2 aromatic rings. The van der Waals surface area contributed by atoms with E-state index >= 15 is 0 Å². The van der Waals surface area contributed by atoms with Gasteiger partial charge in [0.2, 0.25) is 0 Å². The van der Waals surface area contributed by atoms with E-state index in [1.54, 1.807) is 12.1 Å². The maximum Gasteiger partial charge on any atom is 0.253 e. The van der Waals surface area contributed by atoms with Gasteiger partial charge in [-0.15, -0.1) is 0 Å². The van der Waals surface area contributed by atoms with E-state index in [0.717, 1.165) is 11.1 Å². The largest absolute Gasteiger partial charge is 0.398 e. The molecule has 1 amide bonds. The van der Waals surface area contributed by atoms with Gasteiger partial charge in [-0.05, 0) is 29.3 Å². The smallest absolute Gasteiger partial charge is 0.253 e. The molecule has 0 unspecified atom stereocenters. The highest BCUT2D eigenvalue weighted by Gasteiger charge is 2.32. The standard InChI is InChI=1S/C16H15ClN2O2/c17-10-5-6-12(13(18)8-10)16(21)19-15-11-4-2-1-3-9(11)7-14(15)20/h1-6,8,14-15,20H,7,18H2,(H,19,21)/t14-,15+/m1/s1. The topological polar surface area (TPSA) is 75.4 Å². The molecule has 1 aliphatic carbocycles. The monoisotopic (exact) mass is 302 g/mol. The maximum atomic E-state index is 12.3. The summed E-state index contributed by atoms with van der Waals surface area (Å²) in [4.78, 5) is 12.3. The lowest BCUT2D eigenvalue weighted by atomic mass is 10.1. The Labute approximate surface area is 127 Å². The van der Waals surface area contributed by atoms with Crippen LogP contribution >= 0.6 is 11.6 Å². The van der Waals surface area contributed by atoms with Gasteiger partial charge in [0.1, 0.15) is 0 Å². The zero-order valence-electron chi connectivity index (χ0n) is 11.2. The molecule has 4 nitrogen and oxygen atoms in total. The van der Waals surface area contributed by atoms with E-state index in [2.05, 4.69) is 5.32 Å². The molecule has 0 fully saturated rings. The number of carbonyl (C=O) groups excluding carboxylic acids is 1. The SMILES string of the molecule is Nc1cc(Cl)ccc1C(=O)N[C@H]1c2ccccc2C[C@H]1O. The van der Waals surface area contributed by atoms with Crippen LogP contribution in [0, 0.1) is 0 Å². The van der Waals surface area contributed by atoms with Crippen LogP contribution in [0.1, 0.15) is 27.5 Å². The van der Waals surface area contributed by atoms with Gasteiger partial charge in [0, 0.05) is 17.1 Å². The van der Waals surface area contributed by atoms with Gasteiger partial charge in [-0.2, -0.15) is 0 Å². The van der Waals surface area contributed by atoms with Crippen molar-refractivity contribution >= 4 is 23.2 Å². The van der Waals surface area contributed by atoms with E-state index in [1.165, 1.54) is 6.07 Å². The van der Waals surface area contributed by atoms with Crippen molar-refractivity contribution in [3.8, 4) is 0 Å². The van der Waals surface area contributed by atoms with Crippen LogP contribution in [0.4, 0.5) is 5.69 Å². The Morgan fingerprint density at radius 3 is 2.81 bits per heavy atom. The van der Waals surface area contributed by atoms with Gasteiger partial charge < -0.3 is 16.2 Å². The average Bonchev–Trinajstić information content (AvgIpc) is 2.75. The Balaban J connectivity index is 1.85. The van der Waals surface area contributed by atoms with Gasteiger partial charge >= 0.3 is 0 Å². The molecule has 1 aliphatic rings. The molecule has 0 aromatic heterocycles. The van der Waals surface area contributed by atoms with Crippen LogP contribution in [0.15, 0.2) is 42.5 Å². The first-order chi connectivity index (χ1) is 10.1. The number of nitrogens with two attached hydrogens (primary N) is 1. The van der Waals surface area contributed by atoms with Crippen molar-refractivity contribution in [2.45, 2.75) is 18.6 Å². The van der Waals surface area contributed by atoms with E-state index in [0.29, 0.717) is 22.7 Å². The molecular formula is C16H15ClN2O2. The Morgan fingerprint density at radius 2 is 2.05 bits per heavy atom. The van der Waals surface area contributed by atoms with Crippen LogP contribution in [0.3, 0.4) is 0 Å². The molecule has 2 aromatic carbocycles. The van der Waals surface area contributed by atoms with Crippen LogP contribution < -0.4 is 11.1 Å². The number of hydrogen-bond acceptors (Lipinski definition) is 3. The number of anilines is 1. The Kier molecular flexibility index (Phi) is 3.57. The second-order valence-corrected chi connectivity index (χ2v) is 5.59. The highest BCUT2D eigenvalue weighted by Crippen LogP contribution is 2.31.